The highest BCUT2D eigenvalue weighted by Gasteiger charge is 2.14. The summed E-state index contributed by atoms with van der Waals surface area (Å²) in [6, 6.07) is 9.55. The van der Waals surface area contributed by atoms with Gasteiger partial charge >= 0.3 is 0 Å². The predicted octanol–water partition coefficient (Wildman–Crippen LogP) is 2.24. The van der Waals surface area contributed by atoms with Crippen molar-refractivity contribution in [3.63, 3.8) is 0 Å². The summed E-state index contributed by atoms with van der Waals surface area (Å²) in [5.74, 6) is 0. The van der Waals surface area contributed by atoms with Crippen LogP contribution in [0.5, 0.6) is 0 Å². The van der Waals surface area contributed by atoms with Gasteiger partial charge in [-0.2, -0.15) is 9.94 Å². The van der Waals surface area contributed by atoms with E-state index in [1.54, 1.807) is 4.68 Å². The number of nitriles is 1. The van der Waals surface area contributed by atoms with Crippen molar-refractivity contribution in [3.05, 3.63) is 46.8 Å². The Bertz CT molecular complexity index is 809. The summed E-state index contributed by atoms with van der Waals surface area (Å²) in [6.07, 6.45) is 3.00. The first-order valence-electron chi connectivity index (χ1n) is 5.71. The maximum atomic E-state index is 9.03. The van der Waals surface area contributed by atoms with Crippen molar-refractivity contribution < 1.29 is 0 Å². The fraction of sp³-hybridized carbons (Fsp3) is 0. The van der Waals surface area contributed by atoms with Crippen LogP contribution in [0.3, 0.4) is 0 Å². The van der Waals surface area contributed by atoms with Gasteiger partial charge in [0.2, 0.25) is 5.16 Å². The third-order valence-corrected chi connectivity index (χ3v) is 3.93. The van der Waals surface area contributed by atoms with Gasteiger partial charge in [-0.1, -0.05) is 15.9 Å². The molecule has 0 radical (unpaired) electrons. The van der Waals surface area contributed by atoms with Gasteiger partial charge in [0.15, 0.2) is 5.69 Å². The van der Waals surface area contributed by atoms with Gasteiger partial charge < -0.3 is 0 Å². The molecule has 0 bridgehead atoms. The molecule has 7 nitrogen and oxygen atoms in total. The van der Waals surface area contributed by atoms with Crippen LogP contribution >= 0.6 is 27.7 Å². The van der Waals surface area contributed by atoms with E-state index in [1.807, 2.05) is 30.3 Å². The average Bonchev–Trinajstić information content (AvgIpc) is 2.97. The van der Waals surface area contributed by atoms with Gasteiger partial charge in [-0.25, -0.2) is 9.97 Å². The van der Waals surface area contributed by atoms with E-state index in [0.717, 1.165) is 10.2 Å². The molecule has 0 fully saturated rings. The van der Waals surface area contributed by atoms with Gasteiger partial charge in [-0.15, -0.1) is 5.10 Å². The highest BCUT2D eigenvalue weighted by molar-refractivity contribution is 9.10. The second kappa shape index (κ2) is 5.99. The molecule has 102 valence electrons. The standard InChI is InChI=1S/C12H6BrN7S/c13-8-1-3-9(4-2-8)20-12(17-18-19-20)21-11-10(7-14)15-5-6-16-11/h1-6H. The van der Waals surface area contributed by atoms with Crippen LogP contribution in [0.15, 0.2) is 51.3 Å². The number of nitrogens with zero attached hydrogens (tertiary/aromatic N) is 7. The van der Waals surface area contributed by atoms with E-state index < -0.39 is 0 Å². The first-order valence-corrected chi connectivity index (χ1v) is 7.32. The third kappa shape index (κ3) is 2.91. The zero-order valence-corrected chi connectivity index (χ0v) is 12.8. The van der Waals surface area contributed by atoms with E-state index in [4.69, 9.17) is 5.26 Å². The second-order valence-corrected chi connectivity index (χ2v) is 5.65. The summed E-state index contributed by atoms with van der Waals surface area (Å²) in [5.41, 5.74) is 1.06. The molecule has 0 aliphatic rings. The molecule has 0 spiro atoms. The van der Waals surface area contributed by atoms with Crippen LogP contribution < -0.4 is 0 Å². The van der Waals surface area contributed by atoms with Crippen LogP contribution in [0.2, 0.25) is 0 Å². The Hall–Kier alpha value is -2.31. The molecule has 2 aromatic heterocycles. The van der Waals surface area contributed by atoms with Crippen LogP contribution in [-0.2, 0) is 0 Å². The Morgan fingerprint density at radius 3 is 2.67 bits per heavy atom. The third-order valence-electron chi connectivity index (χ3n) is 2.47. The van der Waals surface area contributed by atoms with Crippen LogP contribution in [0.25, 0.3) is 5.69 Å². The number of hydrogen-bond donors (Lipinski definition) is 0. The monoisotopic (exact) mass is 359 g/mol. The van der Waals surface area contributed by atoms with E-state index >= 15 is 0 Å². The lowest BCUT2D eigenvalue weighted by atomic mass is 10.3. The molecule has 0 unspecified atom stereocenters. The Morgan fingerprint density at radius 2 is 1.90 bits per heavy atom. The summed E-state index contributed by atoms with van der Waals surface area (Å²) >= 11 is 4.57. The second-order valence-electron chi connectivity index (χ2n) is 3.77. The van der Waals surface area contributed by atoms with Crippen LogP contribution in [-0.4, -0.2) is 30.2 Å². The summed E-state index contributed by atoms with van der Waals surface area (Å²) in [7, 11) is 0. The van der Waals surface area contributed by atoms with E-state index in [-0.39, 0.29) is 5.69 Å². The molecule has 0 saturated carbocycles. The van der Waals surface area contributed by atoms with Crippen molar-refractivity contribution in [2.75, 3.05) is 0 Å². The van der Waals surface area contributed by atoms with E-state index in [0.29, 0.717) is 10.2 Å². The Labute approximate surface area is 132 Å². The van der Waals surface area contributed by atoms with Crippen molar-refractivity contribution in [2.24, 2.45) is 0 Å². The fourth-order valence-corrected chi connectivity index (χ4v) is 2.60. The maximum absolute atomic E-state index is 9.03. The quantitative estimate of drug-likeness (QED) is 0.707. The first-order chi connectivity index (χ1) is 10.3. The molecule has 0 saturated heterocycles. The van der Waals surface area contributed by atoms with Crippen molar-refractivity contribution in [1.82, 2.24) is 30.2 Å². The van der Waals surface area contributed by atoms with Crippen molar-refractivity contribution in [2.45, 2.75) is 10.2 Å². The molecule has 2 heterocycles. The molecule has 21 heavy (non-hydrogen) atoms. The van der Waals surface area contributed by atoms with Crippen LogP contribution in [0.1, 0.15) is 5.69 Å². The van der Waals surface area contributed by atoms with Crippen LogP contribution in [0.4, 0.5) is 0 Å². The summed E-state index contributed by atoms with van der Waals surface area (Å²) in [5, 5.41) is 21.6. The molecule has 9 heteroatoms. The number of aromatic nitrogens is 6. The number of rotatable bonds is 3. The molecule has 0 amide bonds. The van der Waals surface area contributed by atoms with Gasteiger partial charge in [-0.3, -0.25) is 0 Å². The average molecular weight is 360 g/mol. The molecule has 1 aromatic carbocycles. The Morgan fingerprint density at radius 1 is 1.14 bits per heavy atom. The SMILES string of the molecule is N#Cc1nccnc1Sc1nnnn1-c1ccc(Br)cc1. The summed E-state index contributed by atoms with van der Waals surface area (Å²) < 4.78 is 2.54. The van der Waals surface area contributed by atoms with Gasteiger partial charge in [0.25, 0.3) is 0 Å². The first kappa shape index (κ1) is 13.7. The molecule has 0 aliphatic carbocycles. The highest BCUT2D eigenvalue weighted by atomic mass is 79.9. The fourth-order valence-electron chi connectivity index (χ4n) is 1.55. The largest absolute Gasteiger partial charge is 0.245 e. The van der Waals surface area contributed by atoms with E-state index in [1.165, 1.54) is 24.2 Å². The molecule has 0 aliphatic heterocycles. The minimum Gasteiger partial charge on any atom is -0.245 e. The Balaban J connectivity index is 1.96. The van der Waals surface area contributed by atoms with Gasteiger partial charge in [0.1, 0.15) is 11.1 Å². The minimum atomic E-state index is 0.243. The molecular formula is C12H6BrN7S. The maximum Gasteiger partial charge on any atom is 0.220 e. The lowest BCUT2D eigenvalue weighted by Gasteiger charge is -2.04. The molecular weight excluding hydrogens is 354 g/mol. The number of tetrazole rings is 1. The van der Waals surface area contributed by atoms with Gasteiger partial charge in [-0.05, 0) is 46.5 Å². The summed E-state index contributed by atoms with van der Waals surface area (Å²) in [6.45, 7) is 0. The normalized spacial score (nSPS) is 10.3. The smallest absolute Gasteiger partial charge is 0.220 e. The highest BCUT2D eigenvalue weighted by Crippen LogP contribution is 2.27. The number of benzene rings is 1. The Kier molecular flexibility index (Phi) is 3.89. The molecule has 0 N–H and O–H groups in total. The number of hydrogen-bond acceptors (Lipinski definition) is 7. The van der Waals surface area contributed by atoms with E-state index in [2.05, 4.69) is 41.4 Å². The minimum absolute atomic E-state index is 0.243. The topological polar surface area (TPSA) is 93.2 Å². The summed E-state index contributed by atoms with van der Waals surface area (Å²) in [4.78, 5) is 8.10. The van der Waals surface area contributed by atoms with Crippen molar-refractivity contribution >= 4 is 27.7 Å². The van der Waals surface area contributed by atoms with E-state index in [9.17, 15) is 0 Å². The predicted molar refractivity (Wildman–Crippen MR) is 77.7 cm³/mol. The van der Waals surface area contributed by atoms with Crippen molar-refractivity contribution in [3.8, 4) is 11.8 Å². The van der Waals surface area contributed by atoms with Crippen LogP contribution in [0, 0.1) is 11.3 Å². The number of halogens is 1. The van der Waals surface area contributed by atoms with Gasteiger partial charge in [0, 0.05) is 16.9 Å². The molecule has 3 rings (SSSR count). The van der Waals surface area contributed by atoms with Crippen molar-refractivity contribution in [1.29, 1.82) is 5.26 Å². The molecule has 0 atom stereocenters. The zero-order valence-electron chi connectivity index (χ0n) is 10.4. The van der Waals surface area contributed by atoms with Gasteiger partial charge in [0.05, 0.1) is 5.69 Å². The lowest BCUT2D eigenvalue weighted by Crippen LogP contribution is -1.99. The lowest BCUT2D eigenvalue weighted by molar-refractivity contribution is 0.755. The molecule has 3 aromatic rings. The zero-order chi connectivity index (χ0) is 14.7.